The third-order valence-electron chi connectivity index (χ3n) is 6.24. The molecule has 0 bridgehead atoms. The Morgan fingerprint density at radius 3 is 2.78 bits per heavy atom. The molecule has 1 aromatic carbocycles. The number of nitrogens with zero attached hydrogens (tertiary/aromatic N) is 4. The van der Waals surface area contributed by atoms with E-state index in [-0.39, 0.29) is 0 Å². The van der Waals surface area contributed by atoms with Crippen LogP contribution in [0.15, 0.2) is 47.7 Å². The van der Waals surface area contributed by atoms with Crippen molar-refractivity contribution in [3.8, 4) is 0 Å². The molecule has 2 aliphatic rings. The molecular formula is C25H37N5O2. The topological polar surface area (TPSA) is 63.9 Å². The van der Waals surface area contributed by atoms with Crippen molar-refractivity contribution in [3.63, 3.8) is 0 Å². The second-order valence-electron chi connectivity index (χ2n) is 8.64. The number of guanidine groups is 1. The Balaban J connectivity index is 1.29. The van der Waals surface area contributed by atoms with E-state index in [1.54, 1.807) is 0 Å². The molecule has 0 radical (unpaired) electrons. The lowest BCUT2D eigenvalue weighted by atomic mass is 10.1. The predicted octanol–water partition coefficient (Wildman–Crippen LogP) is 3.45. The standard InChI is InChI=1S/C25H37N5O2/c1-2-26-25(28-18-24-27-13-16-30(24)19-21-8-4-3-5-9-21)29-14-11-22(12-15-29)32-20-23-10-6-7-17-31-23/h3-5,8-9,13,16,22-23H,2,6-7,10-12,14-15,17-20H2,1H3,(H,26,28). The van der Waals surface area contributed by atoms with Gasteiger partial charge in [-0.05, 0) is 44.6 Å². The quantitative estimate of drug-likeness (QED) is 0.504. The van der Waals surface area contributed by atoms with Gasteiger partial charge >= 0.3 is 0 Å². The van der Waals surface area contributed by atoms with Crippen LogP contribution in [-0.4, -0.2) is 65.5 Å². The van der Waals surface area contributed by atoms with Crippen molar-refractivity contribution >= 4 is 5.96 Å². The Morgan fingerprint density at radius 1 is 1.19 bits per heavy atom. The Bertz CT molecular complexity index is 824. The summed E-state index contributed by atoms with van der Waals surface area (Å²) in [6, 6.07) is 10.5. The smallest absolute Gasteiger partial charge is 0.194 e. The number of aromatic nitrogens is 2. The molecule has 4 rings (SSSR count). The molecule has 2 aliphatic heterocycles. The minimum Gasteiger partial charge on any atom is -0.376 e. The van der Waals surface area contributed by atoms with Crippen LogP contribution in [0.3, 0.4) is 0 Å². The molecule has 7 heteroatoms. The zero-order valence-electron chi connectivity index (χ0n) is 19.3. The van der Waals surface area contributed by atoms with Crippen LogP contribution in [0.25, 0.3) is 0 Å². The molecule has 1 aromatic heterocycles. The van der Waals surface area contributed by atoms with E-state index in [0.29, 0.717) is 18.8 Å². The number of aliphatic imine (C=N–C) groups is 1. The summed E-state index contributed by atoms with van der Waals surface area (Å²) in [4.78, 5) is 11.8. The molecule has 0 saturated carbocycles. The molecular weight excluding hydrogens is 402 g/mol. The zero-order chi connectivity index (χ0) is 22.0. The van der Waals surface area contributed by atoms with Crippen molar-refractivity contribution in [1.29, 1.82) is 0 Å². The summed E-state index contributed by atoms with van der Waals surface area (Å²) in [5, 5.41) is 3.46. The van der Waals surface area contributed by atoms with Crippen molar-refractivity contribution in [2.75, 3.05) is 32.8 Å². The number of benzene rings is 1. The number of nitrogens with one attached hydrogen (secondary N) is 1. The van der Waals surface area contributed by atoms with Gasteiger partial charge in [0.1, 0.15) is 12.4 Å². The van der Waals surface area contributed by atoms with Crippen molar-refractivity contribution in [3.05, 3.63) is 54.1 Å². The van der Waals surface area contributed by atoms with Crippen LogP contribution in [-0.2, 0) is 22.6 Å². The van der Waals surface area contributed by atoms with Crippen molar-refractivity contribution in [2.45, 2.75) is 64.3 Å². The minimum absolute atomic E-state index is 0.292. The van der Waals surface area contributed by atoms with E-state index in [2.05, 4.69) is 51.0 Å². The van der Waals surface area contributed by atoms with Crippen LogP contribution in [0.1, 0.15) is 50.4 Å². The van der Waals surface area contributed by atoms with Gasteiger partial charge in [-0.15, -0.1) is 0 Å². The van der Waals surface area contributed by atoms with E-state index >= 15 is 0 Å². The summed E-state index contributed by atoms with van der Waals surface area (Å²) < 4.78 is 14.2. The number of hydrogen-bond acceptors (Lipinski definition) is 4. The van der Waals surface area contributed by atoms with E-state index in [1.165, 1.54) is 18.4 Å². The van der Waals surface area contributed by atoms with Crippen LogP contribution in [0.4, 0.5) is 0 Å². The van der Waals surface area contributed by atoms with Crippen LogP contribution in [0, 0.1) is 0 Å². The van der Waals surface area contributed by atoms with Crippen LogP contribution in [0.2, 0.25) is 0 Å². The number of ether oxygens (including phenoxy) is 2. The summed E-state index contributed by atoms with van der Waals surface area (Å²) >= 11 is 0. The average Bonchev–Trinajstić information content (AvgIpc) is 3.29. The molecule has 174 valence electrons. The molecule has 0 spiro atoms. The largest absolute Gasteiger partial charge is 0.376 e. The van der Waals surface area contributed by atoms with Gasteiger partial charge in [0.15, 0.2) is 5.96 Å². The highest BCUT2D eigenvalue weighted by Gasteiger charge is 2.24. The van der Waals surface area contributed by atoms with Crippen molar-refractivity contribution in [2.24, 2.45) is 4.99 Å². The zero-order valence-corrected chi connectivity index (χ0v) is 19.3. The van der Waals surface area contributed by atoms with Gasteiger partial charge in [0.2, 0.25) is 0 Å². The molecule has 0 amide bonds. The maximum Gasteiger partial charge on any atom is 0.194 e. The molecule has 1 atom stereocenters. The second kappa shape index (κ2) is 12.0. The SMILES string of the molecule is CCNC(=NCc1nccn1Cc1ccccc1)N1CCC(OCC2CCCCO2)CC1. The van der Waals surface area contributed by atoms with Gasteiger partial charge in [0.25, 0.3) is 0 Å². The van der Waals surface area contributed by atoms with Gasteiger partial charge in [-0.3, -0.25) is 0 Å². The van der Waals surface area contributed by atoms with Crippen LogP contribution < -0.4 is 5.32 Å². The van der Waals surface area contributed by atoms with E-state index in [4.69, 9.17) is 14.5 Å². The normalized spacial score (nSPS) is 20.5. The summed E-state index contributed by atoms with van der Waals surface area (Å²) in [6.07, 6.45) is 10.1. The fourth-order valence-electron chi connectivity index (χ4n) is 4.40. The summed E-state index contributed by atoms with van der Waals surface area (Å²) in [7, 11) is 0. The highest BCUT2D eigenvalue weighted by Crippen LogP contribution is 2.18. The summed E-state index contributed by atoms with van der Waals surface area (Å²) in [6.45, 7) is 7.90. The molecule has 2 aromatic rings. The molecule has 1 N–H and O–H groups in total. The van der Waals surface area contributed by atoms with E-state index in [1.807, 2.05) is 18.5 Å². The Labute approximate surface area is 191 Å². The summed E-state index contributed by atoms with van der Waals surface area (Å²) in [5.74, 6) is 1.95. The monoisotopic (exact) mass is 439 g/mol. The molecule has 0 aliphatic carbocycles. The number of imidazole rings is 1. The first-order chi connectivity index (χ1) is 15.8. The predicted molar refractivity (Wildman–Crippen MR) is 127 cm³/mol. The van der Waals surface area contributed by atoms with Gasteiger partial charge < -0.3 is 24.3 Å². The van der Waals surface area contributed by atoms with Crippen molar-refractivity contribution in [1.82, 2.24) is 19.8 Å². The number of likely N-dealkylation sites (tertiary alicyclic amines) is 1. The van der Waals surface area contributed by atoms with Gasteiger partial charge in [0, 0.05) is 45.2 Å². The van der Waals surface area contributed by atoms with E-state index in [9.17, 15) is 0 Å². The van der Waals surface area contributed by atoms with Crippen LogP contribution >= 0.6 is 0 Å². The highest BCUT2D eigenvalue weighted by atomic mass is 16.5. The fraction of sp³-hybridized carbons (Fsp3) is 0.600. The third kappa shape index (κ3) is 6.56. The molecule has 1 unspecified atom stereocenters. The minimum atomic E-state index is 0.292. The molecule has 2 fully saturated rings. The first kappa shape index (κ1) is 22.8. The molecule has 32 heavy (non-hydrogen) atoms. The first-order valence-electron chi connectivity index (χ1n) is 12.1. The maximum absolute atomic E-state index is 6.18. The molecule has 3 heterocycles. The maximum atomic E-state index is 6.18. The van der Waals surface area contributed by atoms with Gasteiger partial charge in [-0.25, -0.2) is 9.98 Å². The lowest BCUT2D eigenvalue weighted by Crippen LogP contribution is -2.47. The summed E-state index contributed by atoms with van der Waals surface area (Å²) in [5.41, 5.74) is 1.27. The number of rotatable bonds is 8. The van der Waals surface area contributed by atoms with E-state index < -0.39 is 0 Å². The Hall–Kier alpha value is -2.38. The highest BCUT2D eigenvalue weighted by molar-refractivity contribution is 5.80. The van der Waals surface area contributed by atoms with E-state index in [0.717, 1.165) is 70.4 Å². The first-order valence-corrected chi connectivity index (χ1v) is 12.1. The molecule has 2 saturated heterocycles. The lowest BCUT2D eigenvalue weighted by Gasteiger charge is -2.35. The van der Waals surface area contributed by atoms with Gasteiger partial charge in [-0.1, -0.05) is 30.3 Å². The van der Waals surface area contributed by atoms with Gasteiger partial charge in [0.05, 0.1) is 18.8 Å². The Morgan fingerprint density at radius 2 is 2.03 bits per heavy atom. The average molecular weight is 440 g/mol. The van der Waals surface area contributed by atoms with Crippen molar-refractivity contribution < 1.29 is 9.47 Å². The van der Waals surface area contributed by atoms with Gasteiger partial charge in [-0.2, -0.15) is 0 Å². The second-order valence-corrected chi connectivity index (χ2v) is 8.64. The Kier molecular flexibility index (Phi) is 8.56. The lowest BCUT2D eigenvalue weighted by molar-refractivity contribution is -0.0721. The van der Waals surface area contributed by atoms with Crippen LogP contribution in [0.5, 0.6) is 0 Å². The fourth-order valence-corrected chi connectivity index (χ4v) is 4.40. The molecule has 7 nitrogen and oxygen atoms in total. The third-order valence-corrected chi connectivity index (χ3v) is 6.24. The number of piperidine rings is 1. The number of hydrogen-bond donors (Lipinski definition) is 1.